The van der Waals surface area contributed by atoms with Gasteiger partial charge in [0.15, 0.2) is 0 Å². The molecule has 0 aliphatic carbocycles. The van der Waals surface area contributed by atoms with Gasteiger partial charge in [0.1, 0.15) is 5.82 Å². The summed E-state index contributed by atoms with van der Waals surface area (Å²) in [7, 11) is 0. The van der Waals surface area contributed by atoms with Crippen molar-refractivity contribution in [1.82, 2.24) is 15.1 Å². The molecule has 0 saturated carbocycles. The molecule has 1 unspecified atom stereocenters. The van der Waals surface area contributed by atoms with E-state index >= 15 is 0 Å². The number of benzene rings is 1. The quantitative estimate of drug-likeness (QED) is 0.827. The van der Waals surface area contributed by atoms with Crippen LogP contribution in [0, 0.1) is 11.7 Å². The highest BCUT2D eigenvalue weighted by atomic mass is 19.1. The van der Waals surface area contributed by atoms with Gasteiger partial charge < -0.3 is 10.2 Å². The molecule has 3 rings (SSSR count). The number of nitrogens with zero attached hydrogens (tertiary/aromatic N) is 2. The molecule has 1 atom stereocenters. The van der Waals surface area contributed by atoms with Gasteiger partial charge in [-0.1, -0.05) is 26.0 Å². The number of aromatic nitrogens is 2. The molecular formula is C19H25FN4O2. The summed E-state index contributed by atoms with van der Waals surface area (Å²) in [5, 5.41) is 5.98. The zero-order valence-electron chi connectivity index (χ0n) is 15.2. The van der Waals surface area contributed by atoms with Crippen molar-refractivity contribution in [2.24, 2.45) is 5.92 Å². The molecule has 2 N–H and O–H groups in total. The number of H-pyrrole nitrogens is 1. The first-order valence-electron chi connectivity index (χ1n) is 9.00. The SMILES string of the molecule is CC(C)Cn1[nH]c(CC(=O)NC2CCN(c3ccccc3F)C2)cc1=O. The molecule has 0 radical (unpaired) electrons. The number of para-hydroxylation sites is 1. The van der Waals surface area contributed by atoms with Crippen molar-refractivity contribution < 1.29 is 9.18 Å². The number of nitrogens with one attached hydrogen (secondary N) is 2. The predicted molar refractivity (Wildman–Crippen MR) is 98.8 cm³/mol. The number of anilines is 1. The normalized spacial score (nSPS) is 17.1. The first-order chi connectivity index (χ1) is 12.4. The fraction of sp³-hybridized carbons (Fsp3) is 0.474. The van der Waals surface area contributed by atoms with Gasteiger partial charge in [0.25, 0.3) is 5.56 Å². The maximum absolute atomic E-state index is 13.9. The van der Waals surface area contributed by atoms with Crippen LogP contribution in [0.15, 0.2) is 35.1 Å². The summed E-state index contributed by atoms with van der Waals surface area (Å²) in [6.45, 7) is 5.94. The van der Waals surface area contributed by atoms with Crippen molar-refractivity contribution in [2.75, 3.05) is 18.0 Å². The summed E-state index contributed by atoms with van der Waals surface area (Å²) in [5.41, 5.74) is 1.06. The molecule has 6 nitrogen and oxygen atoms in total. The van der Waals surface area contributed by atoms with Crippen LogP contribution < -0.4 is 15.8 Å². The van der Waals surface area contributed by atoms with Gasteiger partial charge in [-0.05, 0) is 24.5 Å². The van der Waals surface area contributed by atoms with E-state index in [4.69, 9.17) is 0 Å². The summed E-state index contributed by atoms with van der Waals surface area (Å²) in [4.78, 5) is 26.1. The third kappa shape index (κ3) is 4.33. The van der Waals surface area contributed by atoms with Crippen molar-refractivity contribution in [1.29, 1.82) is 0 Å². The summed E-state index contributed by atoms with van der Waals surface area (Å²) in [6, 6.07) is 8.12. The first-order valence-corrected chi connectivity index (χ1v) is 9.00. The average molecular weight is 360 g/mol. The Bertz CT molecular complexity index is 827. The largest absolute Gasteiger partial charge is 0.367 e. The van der Waals surface area contributed by atoms with Crippen LogP contribution in [0.4, 0.5) is 10.1 Å². The van der Waals surface area contributed by atoms with Gasteiger partial charge in [-0.3, -0.25) is 19.4 Å². The van der Waals surface area contributed by atoms with Crippen LogP contribution in [0.2, 0.25) is 0 Å². The van der Waals surface area contributed by atoms with Gasteiger partial charge in [-0.15, -0.1) is 0 Å². The van der Waals surface area contributed by atoms with E-state index < -0.39 is 0 Å². The fourth-order valence-electron chi connectivity index (χ4n) is 3.34. The van der Waals surface area contributed by atoms with Gasteiger partial charge in [0.05, 0.1) is 12.1 Å². The lowest BCUT2D eigenvalue weighted by Crippen LogP contribution is -2.38. The van der Waals surface area contributed by atoms with Crippen molar-refractivity contribution in [3.05, 3.63) is 52.2 Å². The fourth-order valence-corrected chi connectivity index (χ4v) is 3.34. The Labute approximate surface area is 152 Å². The Kier molecular flexibility index (Phi) is 5.44. The van der Waals surface area contributed by atoms with Gasteiger partial charge in [0, 0.05) is 37.4 Å². The van der Waals surface area contributed by atoms with E-state index in [-0.39, 0.29) is 29.7 Å². The zero-order chi connectivity index (χ0) is 18.7. The standard InChI is InChI=1S/C19H25FN4O2/c1-13(2)11-24-19(26)10-15(22-24)9-18(25)21-14-7-8-23(12-14)17-6-4-3-5-16(17)20/h3-6,10,13-14,22H,7-9,11-12H2,1-2H3,(H,21,25). The molecule has 2 aromatic rings. The third-order valence-electron chi connectivity index (χ3n) is 4.49. The summed E-state index contributed by atoms with van der Waals surface area (Å²) >= 11 is 0. The highest BCUT2D eigenvalue weighted by Gasteiger charge is 2.25. The Morgan fingerprint density at radius 3 is 2.88 bits per heavy atom. The Morgan fingerprint density at radius 2 is 2.15 bits per heavy atom. The smallest absolute Gasteiger partial charge is 0.266 e. The van der Waals surface area contributed by atoms with E-state index in [9.17, 15) is 14.0 Å². The van der Waals surface area contributed by atoms with Crippen LogP contribution in [0.25, 0.3) is 0 Å². The van der Waals surface area contributed by atoms with Gasteiger partial charge in [-0.25, -0.2) is 4.39 Å². The van der Waals surface area contributed by atoms with E-state index in [2.05, 4.69) is 10.4 Å². The van der Waals surface area contributed by atoms with Crippen LogP contribution >= 0.6 is 0 Å². The van der Waals surface area contributed by atoms with E-state index in [0.29, 0.717) is 36.9 Å². The van der Waals surface area contributed by atoms with Crippen LogP contribution in [-0.4, -0.2) is 34.8 Å². The van der Waals surface area contributed by atoms with Gasteiger partial charge in [0.2, 0.25) is 5.91 Å². The second-order valence-corrected chi connectivity index (χ2v) is 7.25. The van der Waals surface area contributed by atoms with Crippen molar-refractivity contribution in [3.8, 4) is 0 Å². The minimum Gasteiger partial charge on any atom is -0.367 e. The minimum absolute atomic E-state index is 0.0217. The molecule has 1 aromatic heterocycles. The van der Waals surface area contributed by atoms with E-state index in [0.717, 1.165) is 6.42 Å². The lowest BCUT2D eigenvalue weighted by Gasteiger charge is -2.19. The Hall–Kier alpha value is -2.57. The summed E-state index contributed by atoms with van der Waals surface area (Å²) in [5.74, 6) is -0.0391. The number of amides is 1. The maximum Gasteiger partial charge on any atom is 0.266 e. The van der Waals surface area contributed by atoms with E-state index in [1.807, 2.05) is 24.8 Å². The Morgan fingerprint density at radius 1 is 1.38 bits per heavy atom. The average Bonchev–Trinajstić information content (AvgIpc) is 3.14. The van der Waals surface area contributed by atoms with Crippen LogP contribution in [0.5, 0.6) is 0 Å². The first kappa shape index (κ1) is 18.2. The number of aromatic amines is 1. The van der Waals surface area contributed by atoms with E-state index in [1.54, 1.807) is 12.1 Å². The second kappa shape index (κ2) is 7.76. The molecule has 1 aliphatic heterocycles. The molecule has 1 aromatic carbocycles. The molecule has 140 valence electrons. The number of carbonyl (C=O) groups excluding carboxylic acids is 1. The number of hydrogen-bond acceptors (Lipinski definition) is 3. The minimum atomic E-state index is -0.247. The van der Waals surface area contributed by atoms with Crippen molar-refractivity contribution in [2.45, 2.75) is 39.3 Å². The molecule has 1 fully saturated rings. The van der Waals surface area contributed by atoms with Crippen LogP contribution in [0.3, 0.4) is 0 Å². The lowest BCUT2D eigenvalue weighted by molar-refractivity contribution is -0.121. The molecule has 1 saturated heterocycles. The van der Waals surface area contributed by atoms with Crippen LogP contribution in [-0.2, 0) is 17.8 Å². The van der Waals surface area contributed by atoms with Crippen molar-refractivity contribution in [3.63, 3.8) is 0 Å². The zero-order valence-corrected chi connectivity index (χ0v) is 15.2. The lowest BCUT2D eigenvalue weighted by atomic mass is 10.2. The number of hydrogen-bond donors (Lipinski definition) is 2. The Balaban J connectivity index is 1.55. The van der Waals surface area contributed by atoms with E-state index in [1.165, 1.54) is 16.8 Å². The topological polar surface area (TPSA) is 70.1 Å². The number of halogens is 1. The number of carbonyl (C=O) groups is 1. The third-order valence-corrected chi connectivity index (χ3v) is 4.49. The number of rotatable bonds is 6. The highest BCUT2D eigenvalue weighted by Crippen LogP contribution is 2.23. The molecular weight excluding hydrogens is 335 g/mol. The molecule has 1 aliphatic rings. The molecule has 7 heteroatoms. The molecule has 0 bridgehead atoms. The van der Waals surface area contributed by atoms with Gasteiger partial charge >= 0.3 is 0 Å². The molecule has 26 heavy (non-hydrogen) atoms. The highest BCUT2D eigenvalue weighted by molar-refractivity contribution is 5.78. The summed E-state index contributed by atoms with van der Waals surface area (Å²) < 4.78 is 15.4. The van der Waals surface area contributed by atoms with Crippen molar-refractivity contribution >= 4 is 11.6 Å². The monoisotopic (exact) mass is 360 g/mol. The molecule has 2 heterocycles. The maximum atomic E-state index is 13.9. The van der Waals surface area contributed by atoms with Gasteiger partial charge in [-0.2, -0.15) is 0 Å². The van der Waals surface area contributed by atoms with Crippen LogP contribution in [0.1, 0.15) is 26.0 Å². The predicted octanol–water partition coefficient (Wildman–Crippen LogP) is 1.91. The molecule has 0 spiro atoms. The molecule has 1 amide bonds. The summed E-state index contributed by atoms with van der Waals surface area (Å²) in [6.07, 6.45) is 0.904. The second-order valence-electron chi connectivity index (χ2n) is 7.25.